The number of carboxylic acids is 1. The van der Waals surface area contributed by atoms with Gasteiger partial charge >= 0.3 is 0 Å². The molecule has 0 aliphatic carbocycles. The Kier molecular flexibility index (Phi) is 11.4. The van der Waals surface area contributed by atoms with Gasteiger partial charge in [0.25, 0.3) is 0 Å². The number of rotatable bonds is 4. The molecule has 0 aromatic heterocycles. The van der Waals surface area contributed by atoms with Crippen molar-refractivity contribution in [2.45, 2.75) is 20.8 Å². The fourth-order valence-electron chi connectivity index (χ4n) is 2.11. The molecule has 0 amide bonds. The lowest BCUT2D eigenvalue weighted by Crippen LogP contribution is -3.11. The molecule has 0 saturated carbocycles. The van der Waals surface area contributed by atoms with Gasteiger partial charge < -0.3 is 20.3 Å². The third-order valence-electron chi connectivity index (χ3n) is 3.75. The maximum Gasteiger partial charge on any atom is 0.0742 e. The van der Waals surface area contributed by atoms with Gasteiger partial charge in [-0.25, -0.2) is 0 Å². The summed E-state index contributed by atoms with van der Waals surface area (Å²) in [6.45, 7) is 10.5. The van der Waals surface area contributed by atoms with Crippen molar-refractivity contribution >= 4 is 5.97 Å². The van der Waals surface area contributed by atoms with Crippen LogP contribution in [-0.4, -0.2) is 31.1 Å². The molecule has 0 aliphatic rings. The zero-order valence-electron chi connectivity index (χ0n) is 15.1. The zero-order valence-corrected chi connectivity index (χ0v) is 15.1. The minimum absolute atomic E-state index is 0. The minimum atomic E-state index is -1.17. The summed E-state index contributed by atoms with van der Waals surface area (Å²) in [5.41, 5.74) is 1.87. The number of quaternary nitrogens is 1. The maximum atomic E-state index is 10.5. The van der Waals surface area contributed by atoms with Gasteiger partial charge in [-0.1, -0.05) is 42.2 Å². The van der Waals surface area contributed by atoms with E-state index in [2.05, 4.69) is 32.6 Å². The molecule has 25 heavy (non-hydrogen) atoms. The van der Waals surface area contributed by atoms with Crippen molar-refractivity contribution in [3.05, 3.63) is 71.3 Å². The summed E-state index contributed by atoms with van der Waals surface area (Å²) < 4.78 is 0. The highest BCUT2D eigenvalue weighted by Crippen LogP contribution is 2.03. The monoisotopic (exact) mass is 341 g/mol. The molecule has 0 fully saturated rings. The lowest BCUT2D eigenvalue weighted by molar-refractivity contribution is -0.894. The number of nitrogens with one attached hydrogen (secondary N) is 1. The average molecular weight is 341 g/mol. The first-order valence-electron chi connectivity index (χ1n) is 8.32. The van der Waals surface area contributed by atoms with E-state index in [0.717, 1.165) is 11.1 Å². The minimum Gasteiger partial charge on any atom is -0.545 e. The van der Waals surface area contributed by atoms with Crippen LogP contribution in [0.15, 0.2) is 54.6 Å². The molecule has 0 bridgehead atoms. The number of carboxylic acid groups (broad SMARTS) is 1. The molecular weight excluding hydrogens is 314 g/mol. The smallest absolute Gasteiger partial charge is 0.0742 e. The molecule has 0 aliphatic heterocycles. The number of carbonyl (C=O) groups is 1. The van der Waals surface area contributed by atoms with Gasteiger partial charge in [-0.05, 0) is 50.6 Å². The Morgan fingerprint density at radius 1 is 0.840 bits per heavy atom. The Hall–Kier alpha value is -2.61. The van der Waals surface area contributed by atoms with E-state index in [9.17, 15) is 9.90 Å². The van der Waals surface area contributed by atoms with Gasteiger partial charge in [-0.2, -0.15) is 0 Å². The normalized spacial score (nSPS) is 9.12. The summed E-state index contributed by atoms with van der Waals surface area (Å²) in [6.07, 6.45) is 0. The van der Waals surface area contributed by atoms with Crippen LogP contribution in [0.4, 0.5) is 0 Å². The number of carbonyl (C=O) groups excluding carboxylic acids is 1. The van der Waals surface area contributed by atoms with Crippen LogP contribution in [0, 0.1) is 11.8 Å². The Bertz CT molecular complexity index is 660. The van der Waals surface area contributed by atoms with Gasteiger partial charge in [0.15, 0.2) is 0 Å². The van der Waals surface area contributed by atoms with Crippen molar-refractivity contribution in [3.63, 3.8) is 0 Å². The molecule has 4 heteroatoms. The van der Waals surface area contributed by atoms with Crippen LogP contribution in [0.2, 0.25) is 0 Å². The fourth-order valence-corrected chi connectivity index (χ4v) is 2.11. The maximum absolute atomic E-state index is 10.5. The van der Waals surface area contributed by atoms with E-state index in [-0.39, 0.29) is 11.0 Å². The summed E-state index contributed by atoms with van der Waals surface area (Å²) in [6, 6.07) is 15.9. The van der Waals surface area contributed by atoms with Crippen molar-refractivity contribution in [2.75, 3.05) is 19.6 Å². The molecule has 2 aromatic carbocycles. The molecular formula is C21H27NO3. The first-order valence-corrected chi connectivity index (χ1v) is 8.32. The Morgan fingerprint density at radius 3 is 1.64 bits per heavy atom. The molecule has 0 saturated heterocycles. The average Bonchev–Trinajstić information content (AvgIpc) is 2.63. The van der Waals surface area contributed by atoms with Crippen LogP contribution < -0.4 is 10.0 Å². The highest BCUT2D eigenvalue weighted by Gasteiger charge is 1.93. The number of hydrogen-bond acceptors (Lipinski definition) is 2. The number of benzene rings is 2. The molecule has 0 atom stereocenters. The van der Waals surface area contributed by atoms with E-state index in [4.69, 9.17) is 0 Å². The third kappa shape index (κ3) is 8.71. The topological polar surface area (TPSA) is 76.1 Å². The van der Waals surface area contributed by atoms with Crippen LogP contribution in [-0.2, 0) is 0 Å². The van der Waals surface area contributed by atoms with E-state index in [1.807, 2.05) is 30.3 Å². The summed E-state index contributed by atoms with van der Waals surface area (Å²) in [5.74, 6) is 4.79. The summed E-state index contributed by atoms with van der Waals surface area (Å²) >= 11 is 0. The van der Waals surface area contributed by atoms with Gasteiger partial charge in [-0.15, -0.1) is 0 Å². The predicted molar refractivity (Wildman–Crippen MR) is 99.4 cm³/mol. The SMILES string of the molecule is CC[NH+](CC)CC.O.O=C([O-])c1ccc(C#Cc2ccccc2)cc1. The second-order valence-electron chi connectivity index (χ2n) is 5.29. The van der Waals surface area contributed by atoms with E-state index >= 15 is 0 Å². The Morgan fingerprint density at radius 2 is 1.28 bits per heavy atom. The second-order valence-corrected chi connectivity index (χ2v) is 5.29. The van der Waals surface area contributed by atoms with Crippen molar-refractivity contribution < 1.29 is 20.3 Å². The molecule has 0 unspecified atom stereocenters. The van der Waals surface area contributed by atoms with E-state index in [0.29, 0.717) is 0 Å². The lowest BCUT2D eigenvalue weighted by Gasteiger charge is -2.10. The zero-order chi connectivity index (χ0) is 17.8. The van der Waals surface area contributed by atoms with Crippen LogP contribution >= 0.6 is 0 Å². The van der Waals surface area contributed by atoms with Gasteiger partial charge in [-0.3, -0.25) is 0 Å². The van der Waals surface area contributed by atoms with Crippen molar-refractivity contribution in [2.24, 2.45) is 0 Å². The molecule has 4 nitrogen and oxygen atoms in total. The molecule has 134 valence electrons. The van der Waals surface area contributed by atoms with Gasteiger partial charge in [0, 0.05) is 11.1 Å². The number of hydrogen-bond donors (Lipinski definition) is 1. The first-order chi connectivity index (χ1) is 11.6. The van der Waals surface area contributed by atoms with Gasteiger partial charge in [0.1, 0.15) is 0 Å². The fraction of sp³-hybridized carbons (Fsp3) is 0.286. The number of aromatic carboxylic acids is 1. The third-order valence-corrected chi connectivity index (χ3v) is 3.75. The molecule has 0 heterocycles. The summed E-state index contributed by atoms with van der Waals surface area (Å²) in [4.78, 5) is 12.2. The van der Waals surface area contributed by atoms with Crippen molar-refractivity contribution in [3.8, 4) is 11.8 Å². The van der Waals surface area contributed by atoms with Gasteiger partial charge in [0.05, 0.1) is 25.6 Å². The van der Waals surface area contributed by atoms with Crippen molar-refractivity contribution in [1.82, 2.24) is 0 Å². The lowest BCUT2D eigenvalue weighted by atomic mass is 10.1. The molecule has 3 N–H and O–H groups in total. The molecule has 2 aromatic rings. The Balaban J connectivity index is 0.000000620. The Labute approximate surface area is 150 Å². The van der Waals surface area contributed by atoms with Crippen LogP contribution in [0.25, 0.3) is 0 Å². The van der Waals surface area contributed by atoms with Gasteiger partial charge in [0.2, 0.25) is 0 Å². The van der Waals surface area contributed by atoms with Crippen LogP contribution in [0.1, 0.15) is 42.3 Å². The highest BCUT2D eigenvalue weighted by molar-refractivity contribution is 5.85. The van der Waals surface area contributed by atoms with Crippen LogP contribution in [0.3, 0.4) is 0 Å². The summed E-state index contributed by atoms with van der Waals surface area (Å²) in [5, 5.41) is 10.5. The first kappa shape index (κ1) is 22.4. The largest absolute Gasteiger partial charge is 0.545 e. The summed E-state index contributed by atoms with van der Waals surface area (Å²) in [7, 11) is 0. The quantitative estimate of drug-likeness (QED) is 0.825. The van der Waals surface area contributed by atoms with E-state index in [1.165, 1.54) is 31.8 Å². The van der Waals surface area contributed by atoms with E-state index < -0.39 is 5.97 Å². The second kappa shape index (κ2) is 12.8. The molecule has 0 spiro atoms. The predicted octanol–water partition coefficient (Wildman–Crippen LogP) is 0.556. The molecule has 2 rings (SSSR count). The standard InChI is InChI=1S/C15H10O2.C6H15N.H2O/c16-15(17)14-10-8-13(9-11-14)7-6-12-4-2-1-3-5-12;1-4-7(5-2)6-3;/h1-5,8-11H,(H,16,17);4-6H2,1-3H3;1H2. The van der Waals surface area contributed by atoms with Crippen molar-refractivity contribution in [1.29, 1.82) is 0 Å². The van der Waals surface area contributed by atoms with Crippen LogP contribution in [0.5, 0.6) is 0 Å². The highest BCUT2D eigenvalue weighted by atomic mass is 16.4. The van der Waals surface area contributed by atoms with E-state index in [1.54, 1.807) is 17.0 Å². The molecule has 0 radical (unpaired) electrons.